The number of amides is 1. The molecule has 2 saturated heterocycles. The van der Waals surface area contributed by atoms with Crippen LogP contribution in [-0.2, 0) is 22.6 Å². The number of aromatic nitrogens is 4. The molecule has 2 fully saturated rings. The van der Waals surface area contributed by atoms with Gasteiger partial charge in [0.05, 0.1) is 54.7 Å². The first-order valence-electron chi connectivity index (χ1n) is 15.5. The van der Waals surface area contributed by atoms with E-state index in [1.165, 1.54) is 0 Å². The summed E-state index contributed by atoms with van der Waals surface area (Å²) in [4.78, 5) is 32.6. The topological polar surface area (TPSA) is 124 Å². The van der Waals surface area contributed by atoms with Gasteiger partial charge in [-0.15, -0.1) is 0 Å². The van der Waals surface area contributed by atoms with Gasteiger partial charge in [-0.25, -0.2) is 9.97 Å². The summed E-state index contributed by atoms with van der Waals surface area (Å²) in [5.41, 5.74) is 5.45. The second kappa shape index (κ2) is 14.9. The van der Waals surface area contributed by atoms with Crippen LogP contribution in [0.15, 0.2) is 48.8 Å². The lowest BCUT2D eigenvalue weighted by Gasteiger charge is -2.40. The largest absolute Gasteiger partial charge is 0.480 e. The third-order valence-corrected chi connectivity index (χ3v) is 9.41. The van der Waals surface area contributed by atoms with E-state index in [2.05, 4.69) is 20.5 Å². The van der Waals surface area contributed by atoms with E-state index in [0.29, 0.717) is 88.7 Å². The molecule has 0 saturated carbocycles. The second-order valence-electron chi connectivity index (χ2n) is 11.6. The van der Waals surface area contributed by atoms with E-state index in [4.69, 9.17) is 52.4 Å². The van der Waals surface area contributed by atoms with Crippen molar-refractivity contribution in [1.29, 1.82) is 0 Å². The van der Waals surface area contributed by atoms with Crippen molar-refractivity contribution in [3.05, 3.63) is 70.2 Å². The quantitative estimate of drug-likeness (QED) is 0.196. The number of benzene rings is 2. The minimum absolute atomic E-state index is 0.0862. The third kappa shape index (κ3) is 7.19. The number of carbonyl (C=O) groups is 1. The van der Waals surface area contributed by atoms with Crippen LogP contribution in [0.2, 0.25) is 10.0 Å². The number of ether oxygens (including phenoxy) is 3. The fraction of sp³-hybridized carbons (Fsp3) is 0.382. The number of hydrogen-bond donors (Lipinski definition) is 2. The van der Waals surface area contributed by atoms with E-state index in [-0.39, 0.29) is 11.9 Å². The Morgan fingerprint density at radius 2 is 1.47 bits per heavy atom. The summed E-state index contributed by atoms with van der Waals surface area (Å²) in [5, 5.41) is 7.25. The molecule has 4 heterocycles. The first-order chi connectivity index (χ1) is 22.9. The van der Waals surface area contributed by atoms with Gasteiger partial charge in [0.25, 0.3) is 0 Å². The van der Waals surface area contributed by atoms with Crippen molar-refractivity contribution in [2.45, 2.75) is 44.4 Å². The molecule has 2 aromatic heterocycles. The van der Waals surface area contributed by atoms with Crippen LogP contribution in [-0.4, -0.2) is 83.9 Å². The lowest BCUT2D eigenvalue weighted by atomic mass is 9.98. The number of rotatable bonds is 13. The summed E-state index contributed by atoms with van der Waals surface area (Å²) in [6.45, 7) is 3.39. The summed E-state index contributed by atoms with van der Waals surface area (Å²) in [5.74, 6) is 0.943. The van der Waals surface area contributed by atoms with Crippen LogP contribution in [0.1, 0.15) is 30.7 Å². The van der Waals surface area contributed by atoms with Gasteiger partial charge in [0.15, 0.2) is 0 Å². The van der Waals surface area contributed by atoms with Crippen molar-refractivity contribution in [2.75, 3.05) is 41.0 Å². The zero-order chi connectivity index (χ0) is 32.9. The van der Waals surface area contributed by atoms with Gasteiger partial charge in [-0.2, -0.15) is 0 Å². The number of hydrogen-bond acceptors (Lipinski definition) is 10. The molecule has 13 heteroatoms. The van der Waals surface area contributed by atoms with Crippen LogP contribution < -0.4 is 20.1 Å². The molecule has 2 N–H and O–H groups in total. The highest BCUT2D eigenvalue weighted by atomic mass is 35.5. The van der Waals surface area contributed by atoms with E-state index in [0.717, 1.165) is 36.2 Å². The standard InChI is InChI=1S/C34H37Cl2N7O4/c1-45-19-21-12-13-43(21)18-29-34(47-3)42-27(17-39-29)25-9-5-7-23(32(25)36)22-6-4-8-24(31(22)35)26-16-38-28(33(41-26)46-2)15-37-14-20-10-11-30(44)40-20/h4-9,16-17,20-21,37H,10-15,18-19H2,1-3H3,(H,40,44)/t20-,21+/m0/s1. The van der Waals surface area contributed by atoms with Gasteiger partial charge in [0, 0.05) is 74.0 Å². The molecule has 0 radical (unpaired) electrons. The van der Waals surface area contributed by atoms with Crippen molar-refractivity contribution < 1.29 is 19.0 Å². The minimum Gasteiger partial charge on any atom is -0.480 e. The molecule has 2 aliphatic heterocycles. The number of likely N-dealkylation sites (tertiary alicyclic amines) is 1. The van der Waals surface area contributed by atoms with Crippen LogP contribution in [0.3, 0.4) is 0 Å². The molecule has 11 nitrogen and oxygen atoms in total. The predicted octanol–water partition coefficient (Wildman–Crippen LogP) is 5.18. The molecule has 2 aliphatic rings. The van der Waals surface area contributed by atoms with Gasteiger partial charge in [0.2, 0.25) is 17.7 Å². The van der Waals surface area contributed by atoms with Crippen molar-refractivity contribution >= 4 is 29.1 Å². The van der Waals surface area contributed by atoms with Crippen LogP contribution in [0.4, 0.5) is 0 Å². The van der Waals surface area contributed by atoms with Crippen molar-refractivity contribution in [3.8, 4) is 45.4 Å². The molecule has 1 amide bonds. The Balaban J connectivity index is 1.23. The maximum absolute atomic E-state index is 11.5. The number of carbonyl (C=O) groups excluding carboxylic acids is 1. The second-order valence-corrected chi connectivity index (χ2v) is 12.3. The van der Waals surface area contributed by atoms with Crippen molar-refractivity contribution in [1.82, 2.24) is 35.5 Å². The monoisotopic (exact) mass is 677 g/mol. The maximum Gasteiger partial charge on any atom is 0.237 e. The van der Waals surface area contributed by atoms with E-state index >= 15 is 0 Å². The number of halogens is 2. The normalized spacial score (nSPS) is 17.8. The third-order valence-electron chi connectivity index (χ3n) is 8.60. The van der Waals surface area contributed by atoms with Crippen molar-refractivity contribution in [3.63, 3.8) is 0 Å². The first kappa shape index (κ1) is 33.0. The average Bonchev–Trinajstić information content (AvgIpc) is 3.50. The summed E-state index contributed by atoms with van der Waals surface area (Å²) < 4.78 is 16.6. The molecule has 2 aromatic carbocycles. The van der Waals surface area contributed by atoms with E-state index in [9.17, 15) is 4.79 Å². The molecule has 0 spiro atoms. The van der Waals surface area contributed by atoms with Crippen LogP contribution in [0.5, 0.6) is 11.8 Å². The molecule has 0 aliphatic carbocycles. The highest BCUT2D eigenvalue weighted by Crippen LogP contribution is 2.42. The number of methoxy groups -OCH3 is 3. The molecule has 246 valence electrons. The zero-order valence-corrected chi connectivity index (χ0v) is 28.1. The Labute approximate surface area is 284 Å². The molecule has 0 unspecified atom stereocenters. The predicted molar refractivity (Wildman–Crippen MR) is 181 cm³/mol. The summed E-state index contributed by atoms with van der Waals surface area (Å²) in [6, 6.07) is 11.9. The van der Waals surface area contributed by atoms with Gasteiger partial charge in [-0.1, -0.05) is 59.6 Å². The molecule has 0 bridgehead atoms. The fourth-order valence-electron chi connectivity index (χ4n) is 5.96. The lowest BCUT2D eigenvalue weighted by molar-refractivity contribution is -0.119. The van der Waals surface area contributed by atoms with Gasteiger partial charge in [-0.05, 0) is 12.8 Å². The Bertz CT molecular complexity index is 1760. The summed E-state index contributed by atoms with van der Waals surface area (Å²) in [7, 11) is 4.88. The highest BCUT2D eigenvalue weighted by molar-refractivity contribution is 6.39. The van der Waals surface area contributed by atoms with Gasteiger partial charge < -0.3 is 24.8 Å². The maximum atomic E-state index is 11.5. The zero-order valence-electron chi connectivity index (χ0n) is 26.6. The summed E-state index contributed by atoms with van der Waals surface area (Å²) in [6.07, 6.45) is 5.89. The SMILES string of the molecule is COC[C@H]1CCN1Cc1ncc(-c2cccc(-c3cccc(-c4cnc(CNC[C@@H]5CCC(=O)N5)c(OC)n4)c3Cl)c2Cl)nc1OC. The lowest BCUT2D eigenvalue weighted by Crippen LogP contribution is -2.49. The first-order valence-corrected chi connectivity index (χ1v) is 16.3. The highest BCUT2D eigenvalue weighted by Gasteiger charge is 2.29. The number of nitrogens with one attached hydrogen (secondary N) is 2. The van der Waals surface area contributed by atoms with Crippen LogP contribution in [0, 0.1) is 0 Å². The molecule has 6 rings (SSSR count). The minimum atomic E-state index is 0.0862. The van der Waals surface area contributed by atoms with Crippen LogP contribution in [0.25, 0.3) is 33.6 Å². The van der Waals surface area contributed by atoms with E-state index in [1.807, 2.05) is 36.4 Å². The molecular formula is C34H37Cl2N7O4. The Hall–Kier alpha value is -3.87. The fourth-order valence-corrected chi connectivity index (χ4v) is 6.61. The Morgan fingerprint density at radius 3 is 2.00 bits per heavy atom. The van der Waals surface area contributed by atoms with E-state index < -0.39 is 0 Å². The Morgan fingerprint density at radius 1 is 0.872 bits per heavy atom. The Kier molecular flexibility index (Phi) is 10.5. The molecule has 47 heavy (non-hydrogen) atoms. The average molecular weight is 679 g/mol. The molecule has 2 atom stereocenters. The molecular weight excluding hydrogens is 641 g/mol. The summed E-state index contributed by atoms with van der Waals surface area (Å²) >= 11 is 14.1. The van der Waals surface area contributed by atoms with Gasteiger partial charge in [0.1, 0.15) is 11.4 Å². The smallest absolute Gasteiger partial charge is 0.237 e. The molecule has 4 aromatic rings. The van der Waals surface area contributed by atoms with Gasteiger partial charge >= 0.3 is 0 Å². The number of nitrogens with zero attached hydrogens (tertiary/aromatic N) is 5. The van der Waals surface area contributed by atoms with Crippen molar-refractivity contribution in [2.24, 2.45) is 0 Å². The van der Waals surface area contributed by atoms with Gasteiger partial charge in [-0.3, -0.25) is 19.7 Å². The van der Waals surface area contributed by atoms with Crippen LogP contribution >= 0.6 is 23.2 Å². The van der Waals surface area contributed by atoms with E-state index in [1.54, 1.807) is 33.7 Å².